The Kier molecular flexibility index (Phi) is 4.56. The maximum absolute atomic E-state index is 5.98. The highest BCUT2D eigenvalue weighted by molar-refractivity contribution is 4.98. The van der Waals surface area contributed by atoms with Crippen molar-refractivity contribution in [2.75, 3.05) is 27.3 Å². The molecule has 1 saturated carbocycles. The van der Waals surface area contributed by atoms with E-state index >= 15 is 0 Å². The Balaban J connectivity index is 2.65. The third-order valence-corrected chi connectivity index (χ3v) is 4.03. The van der Waals surface area contributed by atoms with E-state index in [1.807, 2.05) is 0 Å². The van der Waals surface area contributed by atoms with Crippen LogP contribution in [0, 0.1) is 5.92 Å². The van der Waals surface area contributed by atoms with Gasteiger partial charge in [-0.1, -0.05) is 6.92 Å². The molecule has 90 valence electrons. The summed E-state index contributed by atoms with van der Waals surface area (Å²) in [6, 6.07) is 0.448. The van der Waals surface area contributed by atoms with Crippen LogP contribution in [0.15, 0.2) is 0 Å². The molecule has 15 heavy (non-hydrogen) atoms. The van der Waals surface area contributed by atoms with Gasteiger partial charge in [0.25, 0.3) is 0 Å². The molecule has 0 aromatic carbocycles. The number of ether oxygens (including phenoxy) is 1. The SMILES string of the molecule is COCC(C)N(C)C1(CN)CCC(C)C1. The van der Waals surface area contributed by atoms with Crippen molar-refractivity contribution < 1.29 is 4.74 Å². The zero-order valence-corrected chi connectivity index (χ0v) is 10.6. The lowest BCUT2D eigenvalue weighted by Gasteiger charge is -2.42. The molecule has 0 aromatic heterocycles. The fourth-order valence-corrected chi connectivity index (χ4v) is 2.84. The van der Waals surface area contributed by atoms with E-state index in [1.54, 1.807) is 7.11 Å². The molecule has 3 atom stereocenters. The summed E-state index contributed by atoms with van der Waals surface area (Å²) in [5.74, 6) is 0.811. The van der Waals surface area contributed by atoms with E-state index in [9.17, 15) is 0 Å². The molecule has 0 spiro atoms. The smallest absolute Gasteiger partial charge is 0.0615 e. The Morgan fingerprint density at radius 3 is 2.67 bits per heavy atom. The number of hydrogen-bond acceptors (Lipinski definition) is 3. The van der Waals surface area contributed by atoms with Gasteiger partial charge >= 0.3 is 0 Å². The molecule has 1 fully saturated rings. The Morgan fingerprint density at radius 2 is 2.27 bits per heavy atom. The van der Waals surface area contributed by atoms with E-state index in [2.05, 4.69) is 25.8 Å². The van der Waals surface area contributed by atoms with Crippen LogP contribution in [0.2, 0.25) is 0 Å². The maximum Gasteiger partial charge on any atom is 0.0615 e. The summed E-state index contributed by atoms with van der Waals surface area (Å²) in [5, 5.41) is 0. The molecule has 0 aliphatic heterocycles. The molecule has 1 aliphatic carbocycles. The second kappa shape index (κ2) is 5.28. The van der Waals surface area contributed by atoms with E-state index in [0.29, 0.717) is 6.04 Å². The van der Waals surface area contributed by atoms with Crippen molar-refractivity contribution >= 4 is 0 Å². The van der Waals surface area contributed by atoms with E-state index in [0.717, 1.165) is 19.1 Å². The monoisotopic (exact) mass is 214 g/mol. The van der Waals surface area contributed by atoms with Crippen LogP contribution in [-0.2, 0) is 4.74 Å². The van der Waals surface area contributed by atoms with Crippen molar-refractivity contribution in [2.45, 2.75) is 44.7 Å². The second-order valence-corrected chi connectivity index (χ2v) is 5.19. The van der Waals surface area contributed by atoms with Crippen molar-refractivity contribution in [2.24, 2.45) is 11.7 Å². The van der Waals surface area contributed by atoms with Gasteiger partial charge in [0.15, 0.2) is 0 Å². The number of nitrogens with zero attached hydrogens (tertiary/aromatic N) is 1. The molecule has 3 nitrogen and oxygen atoms in total. The highest BCUT2D eigenvalue weighted by Crippen LogP contribution is 2.38. The van der Waals surface area contributed by atoms with Gasteiger partial charge in [-0.05, 0) is 39.2 Å². The van der Waals surface area contributed by atoms with Crippen LogP contribution in [0.25, 0.3) is 0 Å². The van der Waals surface area contributed by atoms with Gasteiger partial charge in [0.2, 0.25) is 0 Å². The molecular formula is C12H26N2O. The van der Waals surface area contributed by atoms with Crippen LogP contribution in [0.4, 0.5) is 0 Å². The van der Waals surface area contributed by atoms with Gasteiger partial charge in [-0.2, -0.15) is 0 Å². The highest BCUT2D eigenvalue weighted by Gasteiger charge is 2.41. The van der Waals surface area contributed by atoms with Crippen LogP contribution >= 0.6 is 0 Å². The number of likely N-dealkylation sites (N-methyl/N-ethyl adjacent to an activating group) is 1. The first-order valence-electron chi connectivity index (χ1n) is 5.97. The molecule has 0 aromatic rings. The Hall–Kier alpha value is -0.120. The van der Waals surface area contributed by atoms with Gasteiger partial charge in [0.1, 0.15) is 0 Å². The van der Waals surface area contributed by atoms with Crippen LogP contribution in [0.1, 0.15) is 33.1 Å². The predicted molar refractivity (Wildman–Crippen MR) is 63.9 cm³/mol. The average Bonchev–Trinajstić information content (AvgIpc) is 2.60. The highest BCUT2D eigenvalue weighted by atomic mass is 16.5. The van der Waals surface area contributed by atoms with Crippen molar-refractivity contribution in [3.8, 4) is 0 Å². The minimum Gasteiger partial charge on any atom is -0.383 e. The lowest BCUT2D eigenvalue weighted by atomic mass is 9.93. The third-order valence-electron chi connectivity index (χ3n) is 4.03. The van der Waals surface area contributed by atoms with Crippen LogP contribution in [0.3, 0.4) is 0 Å². The summed E-state index contributed by atoms with van der Waals surface area (Å²) < 4.78 is 5.22. The minimum absolute atomic E-state index is 0.220. The van der Waals surface area contributed by atoms with Crippen molar-refractivity contribution in [1.82, 2.24) is 4.90 Å². The summed E-state index contributed by atoms with van der Waals surface area (Å²) >= 11 is 0. The molecule has 2 N–H and O–H groups in total. The summed E-state index contributed by atoms with van der Waals surface area (Å²) in [7, 11) is 3.95. The molecule has 3 heteroatoms. The number of hydrogen-bond donors (Lipinski definition) is 1. The quantitative estimate of drug-likeness (QED) is 0.753. The standard InChI is InChI=1S/C12H26N2O/c1-10-5-6-12(7-10,9-13)14(3)11(2)8-15-4/h10-11H,5-9,13H2,1-4H3. The summed E-state index contributed by atoms with van der Waals surface area (Å²) in [5.41, 5.74) is 6.20. The third kappa shape index (κ3) is 2.71. The molecule has 0 radical (unpaired) electrons. The molecule has 1 rings (SSSR count). The second-order valence-electron chi connectivity index (χ2n) is 5.19. The first kappa shape index (κ1) is 12.9. The first-order valence-corrected chi connectivity index (χ1v) is 5.97. The van der Waals surface area contributed by atoms with E-state index in [-0.39, 0.29) is 5.54 Å². The van der Waals surface area contributed by atoms with E-state index < -0.39 is 0 Å². The normalized spacial score (nSPS) is 33.6. The lowest BCUT2D eigenvalue weighted by Crippen LogP contribution is -2.54. The average molecular weight is 214 g/mol. The number of nitrogens with two attached hydrogens (primary N) is 1. The topological polar surface area (TPSA) is 38.5 Å². The number of methoxy groups -OCH3 is 1. The van der Waals surface area contributed by atoms with E-state index in [4.69, 9.17) is 10.5 Å². The summed E-state index contributed by atoms with van der Waals surface area (Å²) in [6.45, 7) is 6.09. The molecule has 0 bridgehead atoms. The largest absolute Gasteiger partial charge is 0.383 e. The van der Waals surface area contributed by atoms with Gasteiger partial charge < -0.3 is 10.5 Å². The molecular weight excluding hydrogens is 188 g/mol. The van der Waals surface area contributed by atoms with Crippen molar-refractivity contribution in [1.29, 1.82) is 0 Å². The Labute approximate surface area is 94.0 Å². The van der Waals surface area contributed by atoms with Crippen LogP contribution in [-0.4, -0.2) is 43.8 Å². The van der Waals surface area contributed by atoms with Gasteiger partial charge in [-0.3, -0.25) is 4.90 Å². The fourth-order valence-electron chi connectivity index (χ4n) is 2.84. The van der Waals surface area contributed by atoms with Gasteiger partial charge in [-0.15, -0.1) is 0 Å². The number of rotatable bonds is 5. The lowest BCUT2D eigenvalue weighted by molar-refractivity contribution is 0.0393. The molecule has 1 aliphatic rings. The molecule has 0 saturated heterocycles. The zero-order chi connectivity index (χ0) is 11.5. The van der Waals surface area contributed by atoms with Crippen LogP contribution in [0.5, 0.6) is 0 Å². The molecule has 0 amide bonds. The predicted octanol–water partition coefficient (Wildman–Crippen LogP) is 1.47. The van der Waals surface area contributed by atoms with Crippen LogP contribution < -0.4 is 5.73 Å². The van der Waals surface area contributed by atoms with Crippen molar-refractivity contribution in [3.05, 3.63) is 0 Å². The maximum atomic E-state index is 5.98. The van der Waals surface area contributed by atoms with Crippen molar-refractivity contribution in [3.63, 3.8) is 0 Å². The zero-order valence-electron chi connectivity index (χ0n) is 10.6. The summed E-state index contributed by atoms with van der Waals surface area (Å²) in [4.78, 5) is 2.43. The van der Waals surface area contributed by atoms with Gasteiger partial charge in [0.05, 0.1) is 6.61 Å². The van der Waals surface area contributed by atoms with E-state index in [1.165, 1.54) is 19.3 Å². The minimum atomic E-state index is 0.220. The van der Waals surface area contributed by atoms with Gasteiger partial charge in [0, 0.05) is 25.2 Å². The Bertz CT molecular complexity index is 198. The first-order chi connectivity index (χ1) is 7.05. The Morgan fingerprint density at radius 1 is 1.60 bits per heavy atom. The summed E-state index contributed by atoms with van der Waals surface area (Å²) in [6.07, 6.45) is 3.77. The molecule has 0 heterocycles. The fraction of sp³-hybridized carbons (Fsp3) is 1.00. The van der Waals surface area contributed by atoms with Gasteiger partial charge in [-0.25, -0.2) is 0 Å². The molecule has 3 unspecified atom stereocenters.